The molecule has 1 aliphatic rings. The zero-order valence-electron chi connectivity index (χ0n) is 15.9. The Morgan fingerprint density at radius 1 is 1.00 bits per heavy atom. The smallest absolute Gasteiger partial charge is 0.264 e. The van der Waals surface area contributed by atoms with Crippen LogP contribution in [0.2, 0.25) is 0 Å². The molecule has 0 saturated carbocycles. The maximum absolute atomic E-state index is 13.2. The largest absolute Gasteiger partial charge is 0.375 e. The molecule has 0 bridgehead atoms. The summed E-state index contributed by atoms with van der Waals surface area (Å²) in [7, 11) is 0. The molecule has 0 unspecified atom stereocenters. The second-order valence-corrected chi connectivity index (χ2v) is 7.31. The van der Waals surface area contributed by atoms with Gasteiger partial charge in [-0.1, -0.05) is 74.0 Å². The lowest BCUT2D eigenvalue weighted by molar-refractivity contribution is -0.135. The molecular formula is C24H23NO3. The van der Waals surface area contributed by atoms with E-state index in [1.807, 2.05) is 48.5 Å². The topological polar surface area (TPSA) is 57.6 Å². The Morgan fingerprint density at radius 2 is 1.71 bits per heavy atom. The molecule has 0 saturated heterocycles. The van der Waals surface area contributed by atoms with Gasteiger partial charge in [0.2, 0.25) is 0 Å². The number of unbranched alkanes of at least 4 members (excludes halogenated alkanes) is 1. The van der Waals surface area contributed by atoms with Gasteiger partial charge in [-0.15, -0.1) is 0 Å². The van der Waals surface area contributed by atoms with E-state index in [1.54, 1.807) is 23.1 Å². The van der Waals surface area contributed by atoms with Crippen LogP contribution in [-0.4, -0.2) is 23.3 Å². The molecule has 1 aliphatic heterocycles. The number of rotatable bonds is 6. The molecule has 0 aliphatic carbocycles. The number of carbonyl (C=O) groups is 2. The molecule has 1 heterocycles. The first-order valence-electron chi connectivity index (χ1n) is 9.71. The summed E-state index contributed by atoms with van der Waals surface area (Å²) in [6.07, 6.45) is 1.52. The van der Waals surface area contributed by atoms with E-state index in [0.29, 0.717) is 23.4 Å². The summed E-state index contributed by atoms with van der Waals surface area (Å²) in [4.78, 5) is 27.9. The summed E-state index contributed by atoms with van der Waals surface area (Å²) < 4.78 is 0. The van der Waals surface area contributed by atoms with Crippen molar-refractivity contribution in [2.45, 2.75) is 31.8 Å². The number of para-hydroxylation sites is 1. The lowest BCUT2D eigenvalue weighted by atomic mass is 9.87. The van der Waals surface area contributed by atoms with Crippen molar-refractivity contribution < 1.29 is 14.7 Å². The molecule has 1 amide bonds. The average molecular weight is 373 g/mol. The van der Waals surface area contributed by atoms with Crippen molar-refractivity contribution in [3.63, 3.8) is 0 Å². The molecule has 4 heteroatoms. The molecule has 28 heavy (non-hydrogen) atoms. The van der Waals surface area contributed by atoms with Gasteiger partial charge in [0.05, 0.1) is 12.1 Å². The summed E-state index contributed by atoms with van der Waals surface area (Å²) >= 11 is 0. The molecular weight excluding hydrogens is 350 g/mol. The second kappa shape index (κ2) is 7.21. The number of ketones is 1. The zero-order chi connectivity index (χ0) is 19.7. The lowest BCUT2D eigenvalue weighted by Gasteiger charge is -2.23. The molecule has 3 aromatic rings. The summed E-state index contributed by atoms with van der Waals surface area (Å²) in [6, 6.07) is 20.4. The fraction of sp³-hybridized carbons (Fsp3) is 0.250. The first-order chi connectivity index (χ1) is 13.6. The standard InChI is InChI=1S/C24H23NO3/c1-2-3-15-25-21-14-7-6-13-20(21)24(28,23(25)27)16-22(26)19-12-8-10-17-9-4-5-11-18(17)19/h4-14,28H,2-3,15-16H2,1H3/t24-/m1/s1. The Hall–Kier alpha value is -2.98. The van der Waals surface area contributed by atoms with E-state index in [2.05, 4.69) is 6.92 Å². The Morgan fingerprint density at radius 3 is 2.54 bits per heavy atom. The van der Waals surface area contributed by atoms with E-state index >= 15 is 0 Å². The van der Waals surface area contributed by atoms with Gasteiger partial charge in [0.1, 0.15) is 0 Å². The number of hydrogen-bond donors (Lipinski definition) is 1. The van der Waals surface area contributed by atoms with Crippen molar-refractivity contribution in [1.29, 1.82) is 0 Å². The number of fused-ring (bicyclic) bond motifs is 2. The van der Waals surface area contributed by atoms with Gasteiger partial charge in [-0.05, 0) is 23.3 Å². The number of amides is 1. The Labute approximate surface area is 164 Å². The highest BCUT2D eigenvalue weighted by Gasteiger charge is 2.50. The third-order valence-electron chi connectivity index (χ3n) is 5.48. The van der Waals surface area contributed by atoms with E-state index in [-0.39, 0.29) is 12.2 Å². The van der Waals surface area contributed by atoms with Crippen molar-refractivity contribution in [2.24, 2.45) is 0 Å². The predicted octanol–water partition coefficient (Wildman–Crippen LogP) is 4.45. The first kappa shape index (κ1) is 18.4. The number of benzene rings is 3. The molecule has 0 radical (unpaired) electrons. The predicted molar refractivity (Wildman–Crippen MR) is 110 cm³/mol. The second-order valence-electron chi connectivity index (χ2n) is 7.31. The van der Waals surface area contributed by atoms with E-state index in [0.717, 1.165) is 23.6 Å². The summed E-state index contributed by atoms with van der Waals surface area (Å²) in [5.41, 5.74) is -0.0686. The first-order valence-corrected chi connectivity index (χ1v) is 9.71. The van der Waals surface area contributed by atoms with Gasteiger partial charge in [-0.25, -0.2) is 0 Å². The maximum atomic E-state index is 13.2. The monoisotopic (exact) mass is 373 g/mol. The average Bonchev–Trinajstić information content (AvgIpc) is 2.93. The fourth-order valence-electron chi connectivity index (χ4n) is 4.01. The van der Waals surface area contributed by atoms with E-state index in [4.69, 9.17) is 0 Å². The highest BCUT2D eigenvalue weighted by atomic mass is 16.3. The molecule has 0 aromatic heterocycles. The van der Waals surface area contributed by atoms with Crippen LogP contribution in [0.3, 0.4) is 0 Å². The number of hydrogen-bond acceptors (Lipinski definition) is 3. The van der Waals surface area contributed by atoms with E-state index in [1.165, 1.54) is 0 Å². The zero-order valence-corrected chi connectivity index (χ0v) is 15.9. The number of carbonyl (C=O) groups excluding carboxylic acids is 2. The Balaban J connectivity index is 1.72. The van der Waals surface area contributed by atoms with Crippen LogP contribution >= 0.6 is 0 Å². The Bertz CT molecular complexity index is 1050. The van der Waals surface area contributed by atoms with Crippen LogP contribution < -0.4 is 4.90 Å². The summed E-state index contributed by atoms with van der Waals surface area (Å²) in [6.45, 7) is 2.60. The quantitative estimate of drug-likeness (QED) is 0.650. The number of nitrogens with zero attached hydrogens (tertiary/aromatic N) is 1. The minimum Gasteiger partial charge on any atom is -0.375 e. The molecule has 4 rings (SSSR count). The third kappa shape index (κ3) is 2.90. The van der Waals surface area contributed by atoms with E-state index < -0.39 is 11.5 Å². The van der Waals surface area contributed by atoms with Crippen LogP contribution in [0.25, 0.3) is 10.8 Å². The van der Waals surface area contributed by atoms with Crippen LogP contribution in [0.1, 0.15) is 42.1 Å². The Kier molecular flexibility index (Phi) is 4.73. The van der Waals surface area contributed by atoms with Crippen molar-refractivity contribution in [2.75, 3.05) is 11.4 Å². The fourth-order valence-corrected chi connectivity index (χ4v) is 4.01. The third-order valence-corrected chi connectivity index (χ3v) is 5.48. The molecule has 1 N–H and O–H groups in total. The molecule has 1 atom stereocenters. The molecule has 4 nitrogen and oxygen atoms in total. The van der Waals surface area contributed by atoms with Gasteiger partial charge in [-0.2, -0.15) is 0 Å². The van der Waals surface area contributed by atoms with Gasteiger partial charge in [0.15, 0.2) is 11.4 Å². The number of anilines is 1. The molecule has 0 spiro atoms. The SMILES string of the molecule is CCCCN1C(=O)[C@@](O)(CC(=O)c2cccc3ccccc23)c2ccccc21. The highest BCUT2D eigenvalue weighted by molar-refractivity contribution is 6.13. The molecule has 0 fully saturated rings. The highest BCUT2D eigenvalue weighted by Crippen LogP contribution is 2.43. The van der Waals surface area contributed by atoms with Gasteiger partial charge in [-0.3, -0.25) is 9.59 Å². The van der Waals surface area contributed by atoms with Crippen LogP contribution in [0.15, 0.2) is 66.7 Å². The van der Waals surface area contributed by atoms with Crippen LogP contribution in [0, 0.1) is 0 Å². The molecule has 142 valence electrons. The van der Waals surface area contributed by atoms with Crippen molar-refractivity contribution in [3.8, 4) is 0 Å². The number of aliphatic hydroxyl groups is 1. The lowest BCUT2D eigenvalue weighted by Crippen LogP contribution is -2.42. The van der Waals surface area contributed by atoms with Gasteiger partial charge in [0.25, 0.3) is 5.91 Å². The maximum Gasteiger partial charge on any atom is 0.264 e. The van der Waals surface area contributed by atoms with Crippen LogP contribution in [-0.2, 0) is 10.4 Å². The van der Waals surface area contributed by atoms with Gasteiger partial charge in [0, 0.05) is 17.7 Å². The summed E-state index contributed by atoms with van der Waals surface area (Å²) in [5.74, 6) is -0.643. The van der Waals surface area contributed by atoms with Crippen molar-refractivity contribution in [3.05, 3.63) is 77.9 Å². The van der Waals surface area contributed by atoms with Crippen LogP contribution in [0.5, 0.6) is 0 Å². The van der Waals surface area contributed by atoms with Gasteiger partial charge < -0.3 is 10.0 Å². The minimum absolute atomic E-state index is 0.236. The van der Waals surface area contributed by atoms with Gasteiger partial charge >= 0.3 is 0 Å². The summed E-state index contributed by atoms with van der Waals surface area (Å²) in [5, 5.41) is 13.2. The van der Waals surface area contributed by atoms with Crippen LogP contribution in [0.4, 0.5) is 5.69 Å². The van der Waals surface area contributed by atoms with E-state index in [9.17, 15) is 14.7 Å². The minimum atomic E-state index is -1.82. The van der Waals surface area contributed by atoms with Crippen molar-refractivity contribution in [1.82, 2.24) is 0 Å². The normalized spacial score (nSPS) is 18.5. The molecule has 3 aromatic carbocycles. The van der Waals surface area contributed by atoms with Crippen molar-refractivity contribution >= 4 is 28.2 Å². The number of Topliss-reactive ketones (excluding diaryl/α,β-unsaturated/α-hetero) is 1.